The van der Waals surface area contributed by atoms with Crippen LogP contribution in [0.15, 0.2) is 18.2 Å². The number of nitrogens with one attached hydrogen (secondary N) is 1. The molecule has 0 unspecified atom stereocenters. The molecular formula is C9H6ClIN4O. The highest BCUT2D eigenvalue weighted by Gasteiger charge is 2.17. The number of carbonyl (C=O) groups excluding carboxylic acids is 1. The molecule has 0 fully saturated rings. The maximum Gasteiger partial charge on any atom is 0.271 e. The molecule has 0 saturated heterocycles. The van der Waals surface area contributed by atoms with Gasteiger partial charge < -0.3 is 5.73 Å². The van der Waals surface area contributed by atoms with Crippen molar-refractivity contribution in [3.05, 3.63) is 32.5 Å². The average molecular weight is 349 g/mol. The van der Waals surface area contributed by atoms with Gasteiger partial charge in [0, 0.05) is 9.13 Å². The first-order valence-corrected chi connectivity index (χ1v) is 5.72. The van der Waals surface area contributed by atoms with Gasteiger partial charge in [-0.25, -0.2) is 0 Å². The number of aromatic nitrogens is 3. The monoisotopic (exact) mass is 348 g/mol. The molecule has 2 aromatic rings. The Morgan fingerprint density at radius 3 is 2.88 bits per heavy atom. The van der Waals surface area contributed by atoms with Crippen molar-refractivity contribution in [3.63, 3.8) is 0 Å². The molecular weight excluding hydrogens is 342 g/mol. The summed E-state index contributed by atoms with van der Waals surface area (Å²) in [4.78, 5) is 11.1. The lowest BCUT2D eigenvalue weighted by Gasteiger charge is -2.03. The highest BCUT2D eigenvalue weighted by Crippen LogP contribution is 2.30. The van der Waals surface area contributed by atoms with Crippen molar-refractivity contribution in [2.75, 3.05) is 0 Å². The zero-order valence-corrected chi connectivity index (χ0v) is 10.8. The molecule has 2 rings (SSSR count). The molecule has 0 aliphatic rings. The summed E-state index contributed by atoms with van der Waals surface area (Å²) in [5.41, 5.74) is 6.45. The van der Waals surface area contributed by atoms with Gasteiger partial charge in [0.2, 0.25) is 0 Å². The lowest BCUT2D eigenvalue weighted by Crippen LogP contribution is -2.13. The lowest BCUT2D eigenvalue weighted by atomic mass is 10.1. The van der Waals surface area contributed by atoms with Crippen molar-refractivity contribution >= 4 is 40.1 Å². The van der Waals surface area contributed by atoms with Crippen LogP contribution in [0.3, 0.4) is 0 Å². The zero-order valence-electron chi connectivity index (χ0n) is 7.87. The Hall–Kier alpha value is -1.15. The van der Waals surface area contributed by atoms with E-state index < -0.39 is 5.91 Å². The van der Waals surface area contributed by atoms with E-state index in [9.17, 15) is 4.79 Å². The predicted molar refractivity (Wildman–Crippen MR) is 68.1 cm³/mol. The summed E-state index contributed by atoms with van der Waals surface area (Å²) in [5, 5.41) is 10.6. The standard InChI is InChI=1S/C9H6ClIN4O/c10-5-3-1-2-4(6(5)11)7-8(9(12)16)14-15-13-7/h1-3H,(H2,12,16)(H,13,14,15). The first-order chi connectivity index (χ1) is 7.61. The van der Waals surface area contributed by atoms with Crippen molar-refractivity contribution in [2.45, 2.75) is 0 Å². The summed E-state index contributed by atoms with van der Waals surface area (Å²) in [6.07, 6.45) is 0. The molecule has 0 saturated carbocycles. The Balaban J connectivity index is 2.63. The Morgan fingerprint density at radius 1 is 1.44 bits per heavy atom. The number of primary amides is 1. The Morgan fingerprint density at radius 2 is 2.19 bits per heavy atom. The van der Waals surface area contributed by atoms with Crippen LogP contribution in [0.2, 0.25) is 5.02 Å². The number of benzene rings is 1. The van der Waals surface area contributed by atoms with Crippen molar-refractivity contribution in [1.82, 2.24) is 15.4 Å². The molecule has 0 atom stereocenters. The van der Waals surface area contributed by atoms with Crippen molar-refractivity contribution in [2.24, 2.45) is 5.73 Å². The van der Waals surface area contributed by atoms with Gasteiger partial charge in [-0.15, -0.1) is 0 Å². The largest absolute Gasteiger partial charge is 0.364 e. The van der Waals surface area contributed by atoms with Gasteiger partial charge >= 0.3 is 0 Å². The summed E-state index contributed by atoms with van der Waals surface area (Å²) < 4.78 is 0.804. The molecule has 16 heavy (non-hydrogen) atoms. The minimum Gasteiger partial charge on any atom is -0.364 e. The van der Waals surface area contributed by atoms with Crippen LogP contribution in [-0.4, -0.2) is 21.3 Å². The number of H-pyrrole nitrogens is 1. The van der Waals surface area contributed by atoms with Crippen LogP contribution in [0.25, 0.3) is 11.3 Å². The van der Waals surface area contributed by atoms with Crippen molar-refractivity contribution < 1.29 is 4.79 Å². The second-order valence-electron chi connectivity index (χ2n) is 2.99. The second kappa shape index (κ2) is 4.38. The van der Waals surface area contributed by atoms with E-state index in [-0.39, 0.29) is 5.69 Å². The molecule has 1 aromatic heterocycles. The number of amides is 1. The highest BCUT2D eigenvalue weighted by molar-refractivity contribution is 14.1. The summed E-state index contributed by atoms with van der Waals surface area (Å²) in [7, 11) is 0. The smallest absolute Gasteiger partial charge is 0.271 e. The summed E-state index contributed by atoms with van der Waals surface area (Å²) in [6.45, 7) is 0. The number of nitrogens with zero attached hydrogens (tertiary/aromatic N) is 2. The number of carbonyl (C=O) groups is 1. The van der Waals surface area contributed by atoms with E-state index in [1.165, 1.54) is 0 Å². The van der Waals surface area contributed by atoms with Crippen LogP contribution >= 0.6 is 34.2 Å². The number of aromatic amines is 1. The van der Waals surface area contributed by atoms with Crippen LogP contribution in [0.5, 0.6) is 0 Å². The van der Waals surface area contributed by atoms with E-state index >= 15 is 0 Å². The van der Waals surface area contributed by atoms with Gasteiger partial charge in [0.25, 0.3) is 5.91 Å². The molecule has 0 spiro atoms. The molecule has 0 bridgehead atoms. The molecule has 5 nitrogen and oxygen atoms in total. The number of halogens is 2. The molecule has 7 heteroatoms. The second-order valence-corrected chi connectivity index (χ2v) is 4.47. The van der Waals surface area contributed by atoms with Crippen molar-refractivity contribution in [3.8, 4) is 11.3 Å². The minimum absolute atomic E-state index is 0.111. The van der Waals surface area contributed by atoms with Gasteiger partial charge in [0.15, 0.2) is 5.69 Å². The zero-order chi connectivity index (χ0) is 11.7. The van der Waals surface area contributed by atoms with E-state index in [1.807, 2.05) is 0 Å². The maximum atomic E-state index is 11.1. The van der Waals surface area contributed by atoms with Gasteiger partial charge in [-0.3, -0.25) is 4.79 Å². The lowest BCUT2D eigenvalue weighted by molar-refractivity contribution is 0.0996. The quantitative estimate of drug-likeness (QED) is 0.812. The summed E-state index contributed by atoms with van der Waals surface area (Å²) in [6, 6.07) is 5.34. The molecule has 1 amide bonds. The third kappa shape index (κ3) is 1.90. The molecule has 1 heterocycles. The van der Waals surface area contributed by atoms with E-state index in [4.69, 9.17) is 17.3 Å². The van der Waals surface area contributed by atoms with E-state index in [2.05, 4.69) is 38.0 Å². The summed E-state index contributed by atoms with van der Waals surface area (Å²) in [5.74, 6) is -0.625. The van der Waals surface area contributed by atoms with Gasteiger partial charge in [-0.1, -0.05) is 23.7 Å². The molecule has 1 aromatic carbocycles. The van der Waals surface area contributed by atoms with Crippen LogP contribution < -0.4 is 5.73 Å². The fourth-order valence-electron chi connectivity index (χ4n) is 1.28. The van der Waals surface area contributed by atoms with Gasteiger partial charge in [0.1, 0.15) is 5.69 Å². The van der Waals surface area contributed by atoms with E-state index in [0.717, 1.165) is 9.13 Å². The number of rotatable bonds is 2. The molecule has 82 valence electrons. The first kappa shape index (κ1) is 11.3. The molecule has 3 N–H and O–H groups in total. The maximum absolute atomic E-state index is 11.1. The molecule has 0 radical (unpaired) electrons. The van der Waals surface area contributed by atoms with Gasteiger partial charge in [-0.05, 0) is 28.7 Å². The van der Waals surface area contributed by atoms with E-state index in [0.29, 0.717) is 10.7 Å². The fraction of sp³-hybridized carbons (Fsp3) is 0. The average Bonchev–Trinajstić information content (AvgIpc) is 2.70. The van der Waals surface area contributed by atoms with Crippen LogP contribution in [0, 0.1) is 3.57 Å². The topological polar surface area (TPSA) is 84.7 Å². The Kier molecular flexibility index (Phi) is 3.10. The van der Waals surface area contributed by atoms with Gasteiger partial charge in [-0.2, -0.15) is 15.4 Å². The third-order valence-electron chi connectivity index (χ3n) is 1.99. The highest BCUT2D eigenvalue weighted by atomic mass is 127. The Labute approximate surface area is 110 Å². The van der Waals surface area contributed by atoms with Gasteiger partial charge in [0.05, 0.1) is 5.02 Å². The molecule has 0 aliphatic heterocycles. The normalized spacial score (nSPS) is 10.4. The number of hydrogen-bond acceptors (Lipinski definition) is 3. The first-order valence-electron chi connectivity index (χ1n) is 4.26. The van der Waals surface area contributed by atoms with E-state index in [1.54, 1.807) is 18.2 Å². The predicted octanol–water partition coefficient (Wildman–Crippen LogP) is 1.83. The fourth-order valence-corrected chi connectivity index (χ4v) is 2.07. The number of nitrogens with two attached hydrogens (primary N) is 1. The molecule has 0 aliphatic carbocycles. The summed E-state index contributed by atoms with van der Waals surface area (Å²) >= 11 is 8.06. The van der Waals surface area contributed by atoms with Crippen molar-refractivity contribution in [1.29, 1.82) is 0 Å². The van der Waals surface area contributed by atoms with Crippen LogP contribution in [0.1, 0.15) is 10.5 Å². The third-order valence-corrected chi connectivity index (χ3v) is 3.78. The van der Waals surface area contributed by atoms with Crippen LogP contribution in [-0.2, 0) is 0 Å². The number of hydrogen-bond donors (Lipinski definition) is 2. The SMILES string of the molecule is NC(=O)c1n[nH]nc1-c1cccc(Cl)c1I. The minimum atomic E-state index is -0.625. The van der Waals surface area contributed by atoms with Crippen LogP contribution in [0.4, 0.5) is 0 Å². The Bertz CT molecular complexity index is 554.